The molecule has 0 bridgehead atoms. The molecule has 0 aliphatic carbocycles. The van der Waals surface area contributed by atoms with Gasteiger partial charge in [-0.05, 0) is 39.3 Å². The maximum atomic E-state index is 5.83. The molecule has 0 amide bonds. The van der Waals surface area contributed by atoms with Crippen molar-refractivity contribution in [3.63, 3.8) is 0 Å². The highest BCUT2D eigenvalue weighted by molar-refractivity contribution is 5.53. The van der Waals surface area contributed by atoms with Gasteiger partial charge in [-0.25, -0.2) is 0 Å². The number of nitrogens with two attached hydrogens (primary N) is 1. The van der Waals surface area contributed by atoms with Crippen LogP contribution in [-0.2, 0) is 0 Å². The molecule has 4 nitrogen and oxygen atoms in total. The molecule has 0 aliphatic rings. The standard InChI is InChI=1S/C14H25N3O/c1-5-6-7-11(4)16-13-9-8-12(15)14(17-13)18-10(2)3/h8-11H,5-7,15H2,1-4H3,(H,16,17). The highest BCUT2D eigenvalue weighted by atomic mass is 16.5. The van der Waals surface area contributed by atoms with Crippen molar-refractivity contribution in [3.8, 4) is 5.88 Å². The molecular formula is C14H25N3O. The molecule has 1 unspecified atom stereocenters. The van der Waals surface area contributed by atoms with E-state index in [2.05, 4.69) is 24.1 Å². The zero-order valence-corrected chi connectivity index (χ0v) is 11.9. The van der Waals surface area contributed by atoms with E-state index >= 15 is 0 Å². The smallest absolute Gasteiger partial charge is 0.239 e. The summed E-state index contributed by atoms with van der Waals surface area (Å²) in [6.45, 7) is 8.29. The highest BCUT2D eigenvalue weighted by Gasteiger charge is 2.08. The number of hydrogen-bond donors (Lipinski definition) is 2. The van der Waals surface area contributed by atoms with Crippen molar-refractivity contribution in [2.45, 2.75) is 59.1 Å². The van der Waals surface area contributed by atoms with E-state index in [4.69, 9.17) is 10.5 Å². The van der Waals surface area contributed by atoms with Crippen LogP contribution < -0.4 is 15.8 Å². The van der Waals surface area contributed by atoms with E-state index in [0.29, 0.717) is 17.6 Å². The largest absolute Gasteiger partial charge is 0.473 e. The van der Waals surface area contributed by atoms with E-state index in [-0.39, 0.29) is 6.10 Å². The average Bonchev–Trinajstić information content (AvgIpc) is 2.30. The molecule has 4 heteroatoms. The molecule has 0 fully saturated rings. The fourth-order valence-corrected chi connectivity index (χ4v) is 1.68. The number of aromatic nitrogens is 1. The second-order valence-electron chi connectivity index (χ2n) is 4.95. The molecule has 1 atom stereocenters. The molecule has 1 rings (SSSR count). The molecule has 3 N–H and O–H groups in total. The molecule has 0 saturated carbocycles. The first kappa shape index (κ1) is 14.6. The molecular weight excluding hydrogens is 226 g/mol. The molecule has 1 aromatic rings. The molecule has 0 aromatic carbocycles. The van der Waals surface area contributed by atoms with Crippen molar-refractivity contribution < 1.29 is 4.74 Å². The summed E-state index contributed by atoms with van der Waals surface area (Å²) >= 11 is 0. The lowest BCUT2D eigenvalue weighted by Gasteiger charge is -2.16. The molecule has 1 aromatic heterocycles. The zero-order valence-electron chi connectivity index (χ0n) is 11.9. The van der Waals surface area contributed by atoms with Crippen LogP contribution in [0.15, 0.2) is 12.1 Å². The Labute approximate surface area is 110 Å². The number of hydrogen-bond acceptors (Lipinski definition) is 4. The van der Waals surface area contributed by atoms with Crippen molar-refractivity contribution >= 4 is 11.5 Å². The maximum Gasteiger partial charge on any atom is 0.239 e. The Balaban J connectivity index is 2.66. The second kappa shape index (κ2) is 7.09. The van der Waals surface area contributed by atoms with Crippen LogP contribution >= 0.6 is 0 Å². The van der Waals surface area contributed by atoms with Gasteiger partial charge in [0.15, 0.2) is 0 Å². The zero-order chi connectivity index (χ0) is 13.5. The molecule has 102 valence electrons. The minimum atomic E-state index is 0.0764. The van der Waals surface area contributed by atoms with Gasteiger partial charge in [0.05, 0.1) is 11.8 Å². The van der Waals surface area contributed by atoms with Crippen molar-refractivity contribution in [1.82, 2.24) is 4.98 Å². The minimum Gasteiger partial charge on any atom is -0.473 e. The van der Waals surface area contributed by atoms with E-state index in [1.165, 1.54) is 12.8 Å². The number of pyridine rings is 1. The van der Waals surface area contributed by atoms with Crippen LogP contribution in [0, 0.1) is 0 Å². The lowest BCUT2D eigenvalue weighted by Crippen LogP contribution is -2.17. The van der Waals surface area contributed by atoms with Crippen LogP contribution in [0.1, 0.15) is 47.0 Å². The molecule has 0 aliphatic heterocycles. The average molecular weight is 251 g/mol. The summed E-state index contributed by atoms with van der Waals surface area (Å²) in [7, 11) is 0. The Morgan fingerprint density at radius 2 is 2.06 bits per heavy atom. The predicted octanol–water partition coefficient (Wildman–Crippen LogP) is 3.44. The molecule has 0 radical (unpaired) electrons. The maximum absolute atomic E-state index is 5.83. The van der Waals surface area contributed by atoms with Gasteiger partial charge < -0.3 is 15.8 Å². The van der Waals surface area contributed by atoms with Crippen molar-refractivity contribution in [3.05, 3.63) is 12.1 Å². The van der Waals surface area contributed by atoms with Crippen LogP contribution in [0.5, 0.6) is 5.88 Å². The van der Waals surface area contributed by atoms with E-state index in [1.807, 2.05) is 26.0 Å². The van der Waals surface area contributed by atoms with Crippen LogP contribution in [0.25, 0.3) is 0 Å². The first-order valence-corrected chi connectivity index (χ1v) is 6.72. The second-order valence-corrected chi connectivity index (χ2v) is 4.95. The van der Waals surface area contributed by atoms with E-state index in [9.17, 15) is 0 Å². The van der Waals surface area contributed by atoms with E-state index in [1.54, 1.807) is 0 Å². The Morgan fingerprint density at radius 1 is 1.33 bits per heavy atom. The van der Waals surface area contributed by atoms with Gasteiger partial charge in [-0.3, -0.25) is 0 Å². The third kappa shape index (κ3) is 4.82. The van der Waals surface area contributed by atoms with Gasteiger partial charge in [-0.1, -0.05) is 19.8 Å². The van der Waals surface area contributed by atoms with Crippen LogP contribution in [-0.4, -0.2) is 17.1 Å². The number of unbranched alkanes of at least 4 members (excludes halogenated alkanes) is 1. The third-order valence-electron chi connectivity index (χ3n) is 2.62. The summed E-state index contributed by atoms with van der Waals surface area (Å²) in [6.07, 6.45) is 3.65. The number of nitrogens with zero attached hydrogens (tertiary/aromatic N) is 1. The molecule has 18 heavy (non-hydrogen) atoms. The third-order valence-corrected chi connectivity index (χ3v) is 2.62. The first-order valence-electron chi connectivity index (χ1n) is 6.72. The highest BCUT2D eigenvalue weighted by Crippen LogP contribution is 2.22. The van der Waals surface area contributed by atoms with E-state index < -0.39 is 0 Å². The fourth-order valence-electron chi connectivity index (χ4n) is 1.68. The Hall–Kier alpha value is -1.45. The predicted molar refractivity (Wildman–Crippen MR) is 77.0 cm³/mol. The lowest BCUT2D eigenvalue weighted by atomic mass is 10.1. The van der Waals surface area contributed by atoms with E-state index in [0.717, 1.165) is 12.2 Å². The number of nitrogens with one attached hydrogen (secondary N) is 1. The quantitative estimate of drug-likeness (QED) is 0.779. The summed E-state index contributed by atoms with van der Waals surface area (Å²) in [4.78, 5) is 4.40. The van der Waals surface area contributed by atoms with Gasteiger partial charge in [0, 0.05) is 6.04 Å². The summed E-state index contributed by atoms with van der Waals surface area (Å²) in [6, 6.07) is 4.14. The van der Waals surface area contributed by atoms with Gasteiger partial charge in [-0.2, -0.15) is 4.98 Å². The summed E-state index contributed by atoms with van der Waals surface area (Å²) < 4.78 is 5.57. The van der Waals surface area contributed by atoms with Crippen molar-refractivity contribution in [1.29, 1.82) is 0 Å². The molecule has 0 saturated heterocycles. The Morgan fingerprint density at radius 3 is 2.67 bits per heavy atom. The van der Waals surface area contributed by atoms with Gasteiger partial charge in [0.1, 0.15) is 5.82 Å². The number of rotatable bonds is 7. The summed E-state index contributed by atoms with van der Waals surface area (Å²) in [5.74, 6) is 1.33. The van der Waals surface area contributed by atoms with Crippen LogP contribution in [0.2, 0.25) is 0 Å². The van der Waals surface area contributed by atoms with Gasteiger partial charge in [0.25, 0.3) is 0 Å². The SMILES string of the molecule is CCCCC(C)Nc1ccc(N)c(OC(C)C)n1. The normalized spacial score (nSPS) is 12.5. The van der Waals surface area contributed by atoms with Crippen LogP contribution in [0.4, 0.5) is 11.5 Å². The number of anilines is 2. The topological polar surface area (TPSA) is 60.2 Å². The monoisotopic (exact) mass is 251 g/mol. The fraction of sp³-hybridized carbons (Fsp3) is 0.643. The van der Waals surface area contributed by atoms with Gasteiger partial charge in [0.2, 0.25) is 5.88 Å². The minimum absolute atomic E-state index is 0.0764. The Kier molecular flexibility index (Phi) is 5.75. The summed E-state index contributed by atoms with van der Waals surface area (Å²) in [5, 5.41) is 3.37. The number of nitrogen functional groups attached to an aromatic ring is 1. The molecule has 0 spiro atoms. The first-order chi connectivity index (χ1) is 8.52. The van der Waals surface area contributed by atoms with Gasteiger partial charge in [-0.15, -0.1) is 0 Å². The Bertz CT molecular complexity index is 366. The molecule has 1 heterocycles. The van der Waals surface area contributed by atoms with Crippen LogP contribution in [0.3, 0.4) is 0 Å². The van der Waals surface area contributed by atoms with Crippen molar-refractivity contribution in [2.75, 3.05) is 11.1 Å². The van der Waals surface area contributed by atoms with Crippen molar-refractivity contribution in [2.24, 2.45) is 0 Å². The lowest BCUT2D eigenvalue weighted by molar-refractivity contribution is 0.234. The number of ether oxygens (including phenoxy) is 1. The summed E-state index contributed by atoms with van der Waals surface area (Å²) in [5.41, 5.74) is 6.41. The van der Waals surface area contributed by atoms with Gasteiger partial charge >= 0.3 is 0 Å².